The highest BCUT2D eigenvalue weighted by atomic mass is 79.9. The maximum Gasteiger partial charge on any atom is 0.0808 e. The molecule has 18 heavy (non-hydrogen) atoms. The summed E-state index contributed by atoms with van der Waals surface area (Å²) >= 11 is 3.51. The van der Waals surface area contributed by atoms with Crippen molar-refractivity contribution in [1.29, 1.82) is 0 Å². The van der Waals surface area contributed by atoms with Gasteiger partial charge in [0.05, 0.1) is 22.6 Å². The highest BCUT2D eigenvalue weighted by molar-refractivity contribution is 9.10. The summed E-state index contributed by atoms with van der Waals surface area (Å²) in [5.41, 5.74) is 7.64. The number of nitrogens with two attached hydrogens (primary N) is 1. The number of rotatable bonds is 1. The molecule has 0 saturated carbocycles. The fourth-order valence-electron chi connectivity index (χ4n) is 2.75. The van der Waals surface area contributed by atoms with E-state index in [-0.39, 0.29) is 11.2 Å². The topological polar surface area (TPSA) is 38.5 Å². The van der Waals surface area contributed by atoms with Gasteiger partial charge in [0.15, 0.2) is 0 Å². The largest absolute Gasteiger partial charge is 0.397 e. The average Bonchev–Trinajstić information content (AvgIpc) is 2.17. The Bertz CT molecular complexity index is 441. The van der Waals surface area contributed by atoms with Gasteiger partial charge in [-0.2, -0.15) is 0 Å². The zero-order chi connectivity index (χ0) is 13.6. The number of anilines is 2. The van der Waals surface area contributed by atoms with Crippen LogP contribution < -0.4 is 10.6 Å². The number of hydrogen-bond acceptors (Lipinski definition) is 3. The van der Waals surface area contributed by atoms with Crippen molar-refractivity contribution in [2.24, 2.45) is 0 Å². The second kappa shape index (κ2) is 4.42. The molecule has 100 valence electrons. The fraction of sp³-hybridized carbons (Fsp3) is 0.571. The van der Waals surface area contributed by atoms with E-state index in [9.17, 15) is 0 Å². The third-order valence-electron chi connectivity index (χ3n) is 3.03. The van der Waals surface area contributed by atoms with Crippen LogP contribution in [0.1, 0.15) is 27.7 Å². The number of ether oxygens (including phenoxy) is 1. The highest BCUT2D eigenvalue weighted by Crippen LogP contribution is 2.35. The number of benzene rings is 1. The smallest absolute Gasteiger partial charge is 0.0808 e. The number of nitrogen functional groups attached to an aromatic ring is 1. The molecule has 0 bridgehead atoms. The van der Waals surface area contributed by atoms with E-state index in [1.165, 1.54) is 0 Å². The Hall–Kier alpha value is -0.740. The highest BCUT2D eigenvalue weighted by Gasteiger charge is 2.38. The summed E-state index contributed by atoms with van der Waals surface area (Å²) in [7, 11) is 0. The third-order valence-corrected chi connectivity index (χ3v) is 3.52. The van der Waals surface area contributed by atoms with Gasteiger partial charge in [0, 0.05) is 17.6 Å². The van der Waals surface area contributed by atoms with Gasteiger partial charge in [-0.25, -0.2) is 0 Å². The number of halogens is 1. The van der Waals surface area contributed by atoms with Crippen molar-refractivity contribution in [3.8, 4) is 0 Å². The molecule has 3 nitrogen and oxygen atoms in total. The van der Waals surface area contributed by atoms with Gasteiger partial charge in [0.25, 0.3) is 0 Å². The standard InChI is InChI=1S/C14H21BrN2O/c1-13(2)8-17(9-14(3,4)18-13)12-7-10(15)5-6-11(12)16/h5-7H,8-9,16H2,1-4H3. The van der Waals surface area contributed by atoms with Crippen molar-refractivity contribution in [3.63, 3.8) is 0 Å². The van der Waals surface area contributed by atoms with Crippen LogP contribution in [0.15, 0.2) is 22.7 Å². The van der Waals surface area contributed by atoms with Gasteiger partial charge in [0.2, 0.25) is 0 Å². The zero-order valence-electron chi connectivity index (χ0n) is 11.5. The first-order valence-corrected chi connectivity index (χ1v) is 6.98. The molecular formula is C14H21BrN2O. The first kappa shape index (κ1) is 13.7. The summed E-state index contributed by atoms with van der Waals surface area (Å²) in [6.45, 7) is 10.2. The van der Waals surface area contributed by atoms with Crippen molar-refractivity contribution in [2.45, 2.75) is 38.9 Å². The molecule has 1 fully saturated rings. The molecule has 2 rings (SSSR count). The van der Waals surface area contributed by atoms with E-state index < -0.39 is 0 Å². The Kier molecular flexibility index (Phi) is 3.36. The molecule has 0 spiro atoms. The van der Waals surface area contributed by atoms with Gasteiger partial charge in [-0.3, -0.25) is 0 Å². The molecule has 2 N–H and O–H groups in total. The molecule has 1 aliphatic heterocycles. The van der Waals surface area contributed by atoms with Crippen LogP contribution in [-0.2, 0) is 4.74 Å². The normalized spacial score (nSPS) is 21.9. The monoisotopic (exact) mass is 312 g/mol. The van der Waals surface area contributed by atoms with E-state index in [1.54, 1.807) is 0 Å². The minimum absolute atomic E-state index is 0.170. The van der Waals surface area contributed by atoms with E-state index in [0.717, 1.165) is 28.9 Å². The first-order valence-electron chi connectivity index (χ1n) is 6.19. The van der Waals surface area contributed by atoms with E-state index in [4.69, 9.17) is 10.5 Å². The van der Waals surface area contributed by atoms with E-state index >= 15 is 0 Å². The molecule has 1 aromatic rings. The van der Waals surface area contributed by atoms with Gasteiger partial charge in [-0.15, -0.1) is 0 Å². The summed E-state index contributed by atoms with van der Waals surface area (Å²) in [4.78, 5) is 2.31. The van der Waals surface area contributed by atoms with Crippen LogP contribution in [0.25, 0.3) is 0 Å². The quantitative estimate of drug-likeness (QED) is 0.807. The third kappa shape index (κ3) is 2.98. The predicted molar refractivity (Wildman–Crippen MR) is 80.0 cm³/mol. The molecular weight excluding hydrogens is 292 g/mol. The number of nitrogens with zero attached hydrogens (tertiary/aromatic N) is 1. The van der Waals surface area contributed by atoms with Crippen molar-refractivity contribution in [3.05, 3.63) is 22.7 Å². The minimum Gasteiger partial charge on any atom is -0.397 e. The fourth-order valence-corrected chi connectivity index (χ4v) is 3.10. The van der Waals surface area contributed by atoms with Gasteiger partial charge >= 0.3 is 0 Å². The van der Waals surface area contributed by atoms with Crippen LogP contribution >= 0.6 is 15.9 Å². The Morgan fingerprint density at radius 1 is 1.17 bits per heavy atom. The lowest BCUT2D eigenvalue weighted by atomic mass is 9.98. The lowest BCUT2D eigenvalue weighted by molar-refractivity contribution is -0.133. The molecule has 0 unspecified atom stereocenters. The molecule has 4 heteroatoms. The Labute approximate surface area is 117 Å². The van der Waals surface area contributed by atoms with Crippen molar-refractivity contribution >= 4 is 27.3 Å². The molecule has 1 saturated heterocycles. The van der Waals surface area contributed by atoms with Crippen LogP contribution in [0.2, 0.25) is 0 Å². The summed E-state index contributed by atoms with van der Waals surface area (Å²) in [6, 6.07) is 5.98. The van der Waals surface area contributed by atoms with Crippen LogP contribution in [0.3, 0.4) is 0 Å². The molecule has 0 aliphatic carbocycles. The van der Waals surface area contributed by atoms with E-state index in [0.29, 0.717) is 0 Å². The Morgan fingerprint density at radius 2 is 1.72 bits per heavy atom. The summed E-state index contributed by atoms with van der Waals surface area (Å²) < 4.78 is 7.14. The molecule has 1 aliphatic rings. The lowest BCUT2D eigenvalue weighted by Crippen LogP contribution is -2.57. The Balaban J connectivity index is 2.35. The predicted octanol–water partition coefficient (Wildman–Crippen LogP) is 3.43. The van der Waals surface area contributed by atoms with E-state index in [2.05, 4.69) is 54.6 Å². The summed E-state index contributed by atoms with van der Waals surface area (Å²) in [5, 5.41) is 0. The minimum atomic E-state index is -0.170. The van der Waals surface area contributed by atoms with Gasteiger partial charge in [0.1, 0.15) is 0 Å². The number of morpholine rings is 1. The summed E-state index contributed by atoms with van der Waals surface area (Å²) in [5.74, 6) is 0. The molecule has 0 radical (unpaired) electrons. The van der Waals surface area contributed by atoms with E-state index in [1.807, 2.05) is 12.1 Å². The second-order valence-corrected chi connectivity index (χ2v) is 7.10. The number of hydrogen-bond donors (Lipinski definition) is 1. The van der Waals surface area contributed by atoms with Crippen LogP contribution in [0.4, 0.5) is 11.4 Å². The first-order chi connectivity index (χ1) is 8.19. The second-order valence-electron chi connectivity index (χ2n) is 6.18. The maximum atomic E-state index is 6.09. The van der Waals surface area contributed by atoms with Gasteiger partial charge < -0.3 is 15.4 Å². The molecule has 1 heterocycles. The maximum absolute atomic E-state index is 6.09. The van der Waals surface area contributed by atoms with Crippen molar-refractivity contribution in [2.75, 3.05) is 23.7 Å². The van der Waals surface area contributed by atoms with Crippen molar-refractivity contribution < 1.29 is 4.74 Å². The molecule has 0 amide bonds. The SMILES string of the molecule is CC1(C)CN(c2cc(Br)ccc2N)CC(C)(C)O1. The van der Waals surface area contributed by atoms with Crippen LogP contribution in [0.5, 0.6) is 0 Å². The van der Waals surface area contributed by atoms with Crippen LogP contribution in [-0.4, -0.2) is 24.3 Å². The summed E-state index contributed by atoms with van der Waals surface area (Å²) in [6.07, 6.45) is 0. The Morgan fingerprint density at radius 3 is 2.28 bits per heavy atom. The molecule has 1 aromatic carbocycles. The lowest BCUT2D eigenvalue weighted by Gasteiger charge is -2.48. The van der Waals surface area contributed by atoms with Gasteiger partial charge in [-0.1, -0.05) is 15.9 Å². The molecule has 0 atom stereocenters. The van der Waals surface area contributed by atoms with Crippen molar-refractivity contribution in [1.82, 2.24) is 0 Å². The zero-order valence-corrected chi connectivity index (χ0v) is 13.0. The molecule has 0 aromatic heterocycles. The van der Waals surface area contributed by atoms with Gasteiger partial charge in [-0.05, 0) is 45.9 Å². The van der Waals surface area contributed by atoms with Crippen LogP contribution in [0, 0.1) is 0 Å². The average molecular weight is 313 g/mol.